The topological polar surface area (TPSA) is 0 Å². The number of allylic oxidation sites excluding steroid dienone is 3. The van der Waals surface area contributed by atoms with Gasteiger partial charge in [-0.15, -0.1) is 0 Å². The molecule has 162 valence electrons. The van der Waals surface area contributed by atoms with Crippen LogP contribution in [0.3, 0.4) is 0 Å². The van der Waals surface area contributed by atoms with Crippen molar-refractivity contribution in [3.8, 4) is 0 Å². The van der Waals surface area contributed by atoms with Crippen LogP contribution in [0.4, 0.5) is 0 Å². The molecule has 0 heterocycles. The van der Waals surface area contributed by atoms with Gasteiger partial charge in [0.05, 0.1) is 10.9 Å². The van der Waals surface area contributed by atoms with Gasteiger partial charge in [-0.2, -0.15) is 0 Å². The molecule has 2 atom stereocenters. The summed E-state index contributed by atoms with van der Waals surface area (Å²) in [7, 11) is 0.0349. The van der Waals surface area contributed by atoms with Crippen LogP contribution in [0.25, 0.3) is 0 Å². The van der Waals surface area contributed by atoms with E-state index in [9.17, 15) is 0 Å². The van der Waals surface area contributed by atoms with E-state index in [4.69, 9.17) is 0 Å². The summed E-state index contributed by atoms with van der Waals surface area (Å²) in [5, 5.41) is 0.519. The lowest BCUT2D eigenvalue weighted by Gasteiger charge is -2.16. The fourth-order valence-electron chi connectivity index (χ4n) is 3.78. The predicted molar refractivity (Wildman–Crippen MR) is 145 cm³/mol. The first kappa shape index (κ1) is 22.2. The molecule has 0 nitrogen and oxygen atoms in total. The number of rotatable bonds is 7. The average Bonchev–Trinajstić information content (AvgIpc) is 2.88. The maximum atomic E-state index is 2.37. The number of hydrogen-bond acceptors (Lipinski definition) is 2. The molecule has 0 saturated carbocycles. The first-order valence-electron chi connectivity index (χ1n) is 11.1. The second kappa shape index (κ2) is 11.0. The highest BCUT2D eigenvalue weighted by Gasteiger charge is 2.33. The molecule has 0 aromatic heterocycles. The van der Waals surface area contributed by atoms with Gasteiger partial charge in [0.1, 0.15) is 0 Å². The minimum Gasteiger partial charge on any atom is -0.0901 e. The summed E-state index contributed by atoms with van der Waals surface area (Å²) in [6.07, 6.45) is 10.1. The molecule has 0 saturated heterocycles. The van der Waals surface area contributed by atoms with Gasteiger partial charge >= 0.3 is 0 Å². The summed E-state index contributed by atoms with van der Waals surface area (Å²) >= 11 is 3.62. The van der Waals surface area contributed by atoms with Crippen molar-refractivity contribution in [1.82, 2.24) is 0 Å². The molecule has 0 radical (unpaired) electrons. The Hall–Kier alpha value is -2.59. The van der Waals surface area contributed by atoms with Gasteiger partial charge in [-0.1, -0.05) is 78.2 Å². The fraction of sp³-hybridized carbons (Fsp3) is 0.0667. The van der Waals surface area contributed by atoms with Crippen molar-refractivity contribution in [3.05, 3.63) is 133 Å². The van der Waals surface area contributed by atoms with Crippen molar-refractivity contribution in [2.75, 3.05) is 0 Å². The van der Waals surface area contributed by atoms with E-state index in [1.807, 2.05) is 11.8 Å². The van der Waals surface area contributed by atoms with Gasteiger partial charge in [0.2, 0.25) is 0 Å². The van der Waals surface area contributed by atoms with Crippen LogP contribution in [0, 0.1) is 0 Å². The first-order chi connectivity index (χ1) is 16.3. The Bertz CT molecular complexity index is 1210. The van der Waals surface area contributed by atoms with Crippen LogP contribution in [0.1, 0.15) is 6.42 Å². The third-order valence-electron chi connectivity index (χ3n) is 5.36. The van der Waals surface area contributed by atoms with Gasteiger partial charge in [-0.05, 0) is 78.9 Å². The fourth-order valence-corrected chi connectivity index (χ4v) is 7.83. The maximum Gasteiger partial charge on any atom is 0.161 e. The lowest BCUT2D eigenvalue weighted by Crippen LogP contribution is -2.20. The van der Waals surface area contributed by atoms with Crippen LogP contribution in [0.5, 0.6) is 0 Å². The highest BCUT2D eigenvalue weighted by atomic mass is 32.2. The zero-order valence-corrected chi connectivity index (χ0v) is 20.7. The van der Waals surface area contributed by atoms with E-state index in [0.717, 1.165) is 6.42 Å². The monoisotopic (exact) mass is 481 g/mol. The van der Waals surface area contributed by atoms with E-state index in [2.05, 4.69) is 133 Å². The molecule has 4 aromatic carbocycles. The SMILES string of the molecule is C1=CCC([S+](c2ccccc2)c2ccc(Sc3ccc(Sc4ccccc4)cc3)cc2)C=C1. The smallest absolute Gasteiger partial charge is 0.0901 e. The van der Waals surface area contributed by atoms with Gasteiger partial charge in [0, 0.05) is 26.0 Å². The minimum atomic E-state index is 0.0349. The highest BCUT2D eigenvalue weighted by molar-refractivity contribution is 8.00. The Morgan fingerprint density at radius 2 is 1.00 bits per heavy atom. The van der Waals surface area contributed by atoms with Crippen molar-refractivity contribution >= 4 is 34.4 Å². The zero-order chi connectivity index (χ0) is 22.3. The molecule has 0 aliphatic heterocycles. The summed E-state index contributed by atoms with van der Waals surface area (Å²) in [6.45, 7) is 0. The molecule has 0 bridgehead atoms. The van der Waals surface area contributed by atoms with Crippen molar-refractivity contribution in [2.24, 2.45) is 0 Å². The Labute approximate surface area is 208 Å². The molecule has 0 spiro atoms. The first-order valence-corrected chi connectivity index (χ1v) is 14.0. The van der Waals surface area contributed by atoms with Crippen LogP contribution in [-0.2, 0) is 10.9 Å². The summed E-state index contributed by atoms with van der Waals surface area (Å²) in [5.74, 6) is 0. The third-order valence-corrected chi connectivity index (χ3v) is 9.90. The predicted octanol–water partition coefficient (Wildman–Crippen LogP) is 8.91. The molecule has 3 heteroatoms. The van der Waals surface area contributed by atoms with E-state index >= 15 is 0 Å². The van der Waals surface area contributed by atoms with Crippen LogP contribution < -0.4 is 0 Å². The Morgan fingerprint density at radius 3 is 1.55 bits per heavy atom. The van der Waals surface area contributed by atoms with E-state index in [1.54, 1.807) is 11.8 Å². The third kappa shape index (κ3) is 5.86. The summed E-state index contributed by atoms with van der Waals surface area (Å²) in [5.41, 5.74) is 0. The van der Waals surface area contributed by atoms with Crippen LogP contribution in [-0.4, -0.2) is 5.25 Å². The van der Waals surface area contributed by atoms with Crippen molar-refractivity contribution in [2.45, 2.75) is 41.0 Å². The van der Waals surface area contributed by atoms with Gasteiger partial charge in [0.15, 0.2) is 15.0 Å². The van der Waals surface area contributed by atoms with Gasteiger partial charge in [-0.25, -0.2) is 0 Å². The molecule has 4 aromatic rings. The molecular formula is C30H25S3+. The van der Waals surface area contributed by atoms with E-state index < -0.39 is 0 Å². The Morgan fingerprint density at radius 1 is 0.515 bits per heavy atom. The molecule has 5 rings (SSSR count). The second-order valence-corrected chi connectivity index (χ2v) is 12.2. The molecule has 0 N–H and O–H groups in total. The lowest BCUT2D eigenvalue weighted by molar-refractivity contribution is 1.03. The van der Waals surface area contributed by atoms with Crippen molar-refractivity contribution in [3.63, 3.8) is 0 Å². The van der Waals surface area contributed by atoms with Crippen LogP contribution in [0.15, 0.2) is 163 Å². The van der Waals surface area contributed by atoms with E-state index in [0.29, 0.717) is 5.25 Å². The Kier molecular flexibility index (Phi) is 7.42. The van der Waals surface area contributed by atoms with Gasteiger partial charge < -0.3 is 0 Å². The second-order valence-electron chi connectivity index (χ2n) is 7.70. The molecule has 1 aliphatic rings. The molecule has 0 fully saturated rings. The summed E-state index contributed by atoms with van der Waals surface area (Å²) < 4.78 is 0. The van der Waals surface area contributed by atoms with Crippen molar-refractivity contribution in [1.29, 1.82) is 0 Å². The molecule has 2 unspecified atom stereocenters. The Balaban J connectivity index is 1.30. The van der Waals surface area contributed by atoms with E-state index in [1.165, 1.54) is 29.4 Å². The number of benzene rings is 4. The summed E-state index contributed by atoms with van der Waals surface area (Å²) in [4.78, 5) is 7.90. The zero-order valence-electron chi connectivity index (χ0n) is 18.2. The number of hydrogen-bond donors (Lipinski definition) is 0. The quantitative estimate of drug-likeness (QED) is 0.242. The van der Waals surface area contributed by atoms with Crippen molar-refractivity contribution < 1.29 is 0 Å². The maximum absolute atomic E-state index is 2.37. The summed E-state index contributed by atoms with van der Waals surface area (Å²) in [6, 6.07) is 39.5. The van der Waals surface area contributed by atoms with E-state index in [-0.39, 0.29) is 10.9 Å². The largest absolute Gasteiger partial charge is 0.161 e. The standard InChI is InChI=1S/C30H25S3/c1-4-10-24(11-5-1)31-25-16-18-26(19-17-25)32-27-20-22-30(23-21-27)33(28-12-6-2-7-13-28)29-14-8-3-9-15-29/h1-14,16-23,29H,15H2/q+1. The highest BCUT2D eigenvalue weighted by Crippen LogP contribution is 2.35. The minimum absolute atomic E-state index is 0.0349. The molecule has 0 amide bonds. The van der Waals surface area contributed by atoms with Crippen LogP contribution >= 0.6 is 23.5 Å². The molecular weight excluding hydrogens is 457 g/mol. The molecule has 33 heavy (non-hydrogen) atoms. The average molecular weight is 482 g/mol. The lowest BCUT2D eigenvalue weighted by atomic mass is 10.2. The van der Waals surface area contributed by atoms with Gasteiger partial charge in [-0.3, -0.25) is 0 Å². The van der Waals surface area contributed by atoms with Gasteiger partial charge in [0.25, 0.3) is 0 Å². The van der Waals surface area contributed by atoms with Crippen LogP contribution in [0.2, 0.25) is 0 Å². The normalized spacial score (nSPS) is 15.9. The molecule has 1 aliphatic carbocycles.